The summed E-state index contributed by atoms with van der Waals surface area (Å²) in [6, 6.07) is 6.08. The van der Waals surface area contributed by atoms with Crippen LogP contribution >= 0.6 is 70.7 Å². The topological polar surface area (TPSA) is 140 Å². The van der Waals surface area contributed by atoms with Crippen LogP contribution in [0, 0.1) is 0 Å². The maximum atomic E-state index is 12.2. The van der Waals surface area contributed by atoms with E-state index < -0.39 is 15.6 Å². The van der Waals surface area contributed by atoms with Crippen molar-refractivity contribution in [1.82, 2.24) is 9.97 Å². The summed E-state index contributed by atoms with van der Waals surface area (Å²) < 4.78 is 39.3. The summed E-state index contributed by atoms with van der Waals surface area (Å²) in [5.41, 5.74) is 0.931. The van der Waals surface area contributed by atoms with Crippen LogP contribution in [0.25, 0.3) is 21.8 Å². The molecule has 2 unspecified atom stereocenters. The average Bonchev–Trinajstić information content (AvgIpc) is 3.19. The molecule has 2 aromatic carbocycles. The Kier molecular flexibility index (Phi) is 10.6. The van der Waals surface area contributed by atoms with Crippen molar-refractivity contribution in [2.24, 2.45) is 0 Å². The van der Waals surface area contributed by atoms with E-state index in [0.29, 0.717) is 40.8 Å². The second kappa shape index (κ2) is 11.6. The molecule has 4 aromatic rings. The van der Waals surface area contributed by atoms with Gasteiger partial charge in [-0.05, 0) is 56.1 Å². The summed E-state index contributed by atoms with van der Waals surface area (Å²) in [6.45, 7) is 0. The van der Waals surface area contributed by atoms with Gasteiger partial charge in [0, 0.05) is 32.1 Å². The number of phosphoric ester groups is 2. The van der Waals surface area contributed by atoms with Gasteiger partial charge in [0.25, 0.3) is 0 Å². The fraction of sp³-hybridized carbons (Fsp3) is 0. The molecule has 9 nitrogen and oxygen atoms in total. The van der Waals surface area contributed by atoms with Gasteiger partial charge in [-0.3, -0.25) is 9.13 Å². The van der Waals surface area contributed by atoms with E-state index in [1.807, 2.05) is 0 Å². The zero-order valence-corrected chi connectivity index (χ0v) is 27.2. The number of rotatable bonds is 6. The van der Waals surface area contributed by atoms with Crippen molar-refractivity contribution in [3.8, 4) is 11.5 Å². The van der Waals surface area contributed by atoms with Gasteiger partial charge in [0.1, 0.15) is 0 Å². The van der Waals surface area contributed by atoms with Crippen molar-refractivity contribution in [2.75, 3.05) is 0 Å². The first-order valence-corrected chi connectivity index (χ1v) is 13.4. The van der Waals surface area contributed by atoms with Crippen LogP contribution in [0.3, 0.4) is 0 Å². The largest absolute Gasteiger partial charge is 1.00 e. The molecule has 2 aromatic heterocycles. The second-order valence-corrected chi connectivity index (χ2v) is 11.4. The van der Waals surface area contributed by atoms with E-state index in [4.69, 9.17) is 32.2 Å². The van der Waals surface area contributed by atoms with Gasteiger partial charge in [0.05, 0.1) is 21.1 Å². The molecule has 0 fully saturated rings. The normalized spacial score (nSPS) is 14.7. The predicted octanol–water partition coefficient (Wildman–Crippen LogP) is -0.0998. The Balaban J connectivity index is 0.00000193. The molecule has 0 radical (unpaired) electrons. The summed E-state index contributed by atoms with van der Waals surface area (Å²) in [6.07, 6.45) is 2.44. The van der Waals surface area contributed by atoms with Crippen LogP contribution in [0.4, 0.5) is 0 Å². The van der Waals surface area contributed by atoms with Gasteiger partial charge in [0.2, 0.25) is 0 Å². The number of hydrogen-bond acceptors (Lipinski definition) is 7. The Morgan fingerprint density at radius 1 is 0.758 bits per heavy atom. The molecule has 2 N–H and O–H groups in total. The molecule has 17 heteroatoms. The number of benzene rings is 2. The Labute approximate surface area is 257 Å². The van der Waals surface area contributed by atoms with Crippen LogP contribution < -0.4 is 77.9 Å². The summed E-state index contributed by atoms with van der Waals surface area (Å²) in [7, 11) is -10.8. The molecular weight excluding hydrogens is 671 g/mol. The molecule has 4 rings (SSSR count). The third-order valence-corrected chi connectivity index (χ3v) is 8.82. The molecule has 0 spiro atoms. The van der Waals surface area contributed by atoms with Gasteiger partial charge >= 0.3 is 74.8 Å². The molecule has 2 atom stereocenters. The third kappa shape index (κ3) is 7.06. The minimum atomic E-state index is -5.39. The van der Waals surface area contributed by atoms with Crippen molar-refractivity contribution in [1.29, 1.82) is 0 Å². The Hall–Kier alpha value is 1.00. The van der Waals surface area contributed by atoms with E-state index in [1.54, 1.807) is 0 Å². The molecule has 0 bridgehead atoms. The van der Waals surface area contributed by atoms with Crippen LogP contribution in [-0.2, 0) is 13.4 Å². The maximum absolute atomic E-state index is 12.2. The molecule has 0 amide bonds. The molecule has 0 saturated heterocycles. The molecule has 2 heterocycles. The number of nitrogens with one attached hydrogen (secondary N) is 2. The molecule has 0 aliphatic heterocycles. The molecule has 0 aliphatic carbocycles. The number of hydrogen-bond donors (Lipinski definition) is 2. The predicted molar refractivity (Wildman–Crippen MR) is 120 cm³/mol. The first kappa shape index (κ1) is 30.2. The van der Waals surface area contributed by atoms with Crippen molar-refractivity contribution < 1.29 is 91.4 Å². The van der Waals surface area contributed by atoms with E-state index >= 15 is 0 Å². The Morgan fingerprint density at radius 3 is 1.48 bits per heavy atom. The SMILES string of the molecule is O=P([O-])(Oc1c[nH]c2cc(Cl)c(Br)cc12)OP(=O)([O-])Oc1c[nH]c2cc(Cl)c(Br)cc12.[Na+].[Na+]. The van der Waals surface area contributed by atoms with E-state index in [2.05, 4.69) is 46.1 Å². The van der Waals surface area contributed by atoms with Crippen molar-refractivity contribution in [3.05, 3.63) is 55.6 Å². The van der Waals surface area contributed by atoms with Gasteiger partial charge in [-0.1, -0.05) is 23.2 Å². The van der Waals surface area contributed by atoms with Gasteiger partial charge in [-0.15, -0.1) is 0 Å². The fourth-order valence-electron chi connectivity index (χ4n) is 2.73. The van der Waals surface area contributed by atoms with Crippen LogP contribution in [0.15, 0.2) is 45.6 Å². The number of aromatic amines is 2. The number of H-pyrrole nitrogens is 2. The number of fused-ring (bicyclic) bond motifs is 2. The van der Waals surface area contributed by atoms with E-state index in [-0.39, 0.29) is 70.6 Å². The summed E-state index contributed by atoms with van der Waals surface area (Å²) in [5, 5.41) is 1.42. The minimum absolute atomic E-state index is 0. The zero-order valence-electron chi connectivity index (χ0n) is 16.7. The third-order valence-electron chi connectivity index (χ3n) is 3.99. The average molecular weight is 679 g/mol. The van der Waals surface area contributed by atoms with E-state index in [1.165, 1.54) is 36.7 Å². The number of halogens is 4. The van der Waals surface area contributed by atoms with Crippen LogP contribution in [0.1, 0.15) is 0 Å². The van der Waals surface area contributed by atoms with E-state index in [9.17, 15) is 18.9 Å². The molecule has 0 saturated carbocycles. The zero-order chi connectivity index (χ0) is 22.6. The first-order valence-electron chi connectivity index (χ1n) is 8.09. The van der Waals surface area contributed by atoms with Crippen molar-refractivity contribution in [2.45, 2.75) is 0 Å². The van der Waals surface area contributed by atoms with E-state index in [0.717, 1.165) is 0 Å². The maximum Gasteiger partial charge on any atom is 1.00 e. The quantitative estimate of drug-likeness (QED) is 0.215. The Morgan fingerprint density at radius 2 is 1.12 bits per heavy atom. The van der Waals surface area contributed by atoms with Crippen molar-refractivity contribution >= 4 is 92.5 Å². The molecule has 0 aliphatic rings. The molecular formula is C16H8Br2Cl2N2Na2O7P2. The fourth-order valence-corrected chi connectivity index (χ4v) is 5.77. The van der Waals surface area contributed by atoms with Crippen molar-refractivity contribution in [3.63, 3.8) is 0 Å². The monoisotopic (exact) mass is 676 g/mol. The van der Waals surface area contributed by atoms with Gasteiger partial charge in [-0.25, -0.2) is 4.31 Å². The number of phosphoric acid groups is 2. The minimum Gasteiger partial charge on any atom is -0.746 e. The van der Waals surface area contributed by atoms with Gasteiger partial charge in [0.15, 0.2) is 11.5 Å². The van der Waals surface area contributed by atoms with Crippen LogP contribution in [0.2, 0.25) is 10.0 Å². The van der Waals surface area contributed by atoms with Crippen LogP contribution in [0.5, 0.6) is 11.5 Å². The molecule has 164 valence electrons. The smallest absolute Gasteiger partial charge is 0.746 e. The standard InChI is InChI=1S/C16H10Br2Cl2N2O7P2.2Na/c17-9-1-7-13(3-11(9)19)21-5-15(7)27-30(23,24)29-31(25,26)28-16-6-22-14-4-12(20)10(18)2-8(14)16;;/h1-6,21-22H,(H,23,24)(H,25,26);;/q;2*+1/p-2. The van der Waals surface area contributed by atoms with Gasteiger partial charge < -0.3 is 28.8 Å². The summed E-state index contributed by atoms with van der Waals surface area (Å²) in [5.74, 6) is -0.368. The molecule has 33 heavy (non-hydrogen) atoms. The second-order valence-electron chi connectivity index (χ2n) is 6.09. The Bertz CT molecular complexity index is 1330. The first-order chi connectivity index (χ1) is 14.4. The summed E-state index contributed by atoms with van der Waals surface area (Å²) in [4.78, 5) is 30.0. The number of aromatic nitrogens is 2. The van der Waals surface area contributed by atoms with Crippen LogP contribution in [-0.4, -0.2) is 9.97 Å². The summed E-state index contributed by atoms with van der Waals surface area (Å²) >= 11 is 18.4. The van der Waals surface area contributed by atoms with Gasteiger partial charge in [-0.2, -0.15) is 0 Å².